The van der Waals surface area contributed by atoms with E-state index in [4.69, 9.17) is 9.47 Å². The molecule has 3 heterocycles. The number of aliphatic hydroxyl groups excluding tert-OH is 1. The molecule has 1 aliphatic heterocycles. The standard InChI is InChI=1S/C30H41N5O5S/c1-18(2)17-40-23(21-12-9-10-13-22(21)39-8)16-33-27-24(20(5)26(41-27)34-15-11-14-31-34)25(36)35(29(33)38)30(6,7)28(37)32-19(3)4/h9-15,18-19,23,29,38H,16-17H2,1-8H3,(H,32,37)/t23-,29?/m0/s1. The van der Waals surface area contributed by atoms with Gasteiger partial charge in [-0.25, -0.2) is 4.68 Å². The average molecular weight is 584 g/mol. The average Bonchev–Trinajstić information content (AvgIpc) is 3.56. The van der Waals surface area contributed by atoms with Crippen molar-refractivity contribution in [3.63, 3.8) is 0 Å². The molecule has 3 aromatic rings. The predicted molar refractivity (Wildman–Crippen MR) is 160 cm³/mol. The molecule has 0 spiro atoms. The first-order valence-electron chi connectivity index (χ1n) is 13.9. The maximum Gasteiger partial charge on any atom is 0.261 e. The first-order valence-corrected chi connectivity index (χ1v) is 14.7. The lowest BCUT2D eigenvalue weighted by molar-refractivity contribution is -0.137. The van der Waals surface area contributed by atoms with Crippen LogP contribution in [0.5, 0.6) is 5.75 Å². The van der Waals surface area contributed by atoms with Crippen LogP contribution in [0.15, 0.2) is 42.7 Å². The van der Waals surface area contributed by atoms with Crippen LogP contribution in [0.25, 0.3) is 5.00 Å². The fourth-order valence-corrected chi connectivity index (χ4v) is 6.21. The molecule has 222 valence electrons. The van der Waals surface area contributed by atoms with Crippen molar-refractivity contribution in [3.8, 4) is 10.8 Å². The first-order chi connectivity index (χ1) is 19.4. The molecule has 10 nitrogen and oxygen atoms in total. The largest absolute Gasteiger partial charge is 0.496 e. The minimum Gasteiger partial charge on any atom is -0.496 e. The van der Waals surface area contributed by atoms with E-state index in [0.717, 1.165) is 16.1 Å². The number of benzene rings is 1. The quantitative estimate of drug-likeness (QED) is 0.342. The van der Waals surface area contributed by atoms with Crippen molar-refractivity contribution in [3.05, 3.63) is 59.4 Å². The van der Waals surface area contributed by atoms with Gasteiger partial charge in [-0.1, -0.05) is 43.4 Å². The highest BCUT2D eigenvalue weighted by molar-refractivity contribution is 7.19. The van der Waals surface area contributed by atoms with Gasteiger partial charge >= 0.3 is 0 Å². The van der Waals surface area contributed by atoms with Crippen molar-refractivity contribution in [2.24, 2.45) is 5.92 Å². The molecule has 0 radical (unpaired) electrons. The van der Waals surface area contributed by atoms with Crippen LogP contribution in [0, 0.1) is 12.8 Å². The van der Waals surface area contributed by atoms with Gasteiger partial charge in [0.25, 0.3) is 5.91 Å². The van der Waals surface area contributed by atoms with Crippen LogP contribution in [-0.2, 0) is 9.53 Å². The zero-order chi connectivity index (χ0) is 30.1. The van der Waals surface area contributed by atoms with E-state index in [9.17, 15) is 14.7 Å². The van der Waals surface area contributed by atoms with E-state index in [1.165, 1.54) is 16.2 Å². The number of anilines is 1. The van der Waals surface area contributed by atoms with E-state index >= 15 is 0 Å². The van der Waals surface area contributed by atoms with Gasteiger partial charge in [-0.15, -0.1) is 0 Å². The number of thiophene rings is 1. The number of hydrogen-bond acceptors (Lipinski definition) is 8. The lowest BCUT2D eigenvalue weighted by atomic mass is 9.97. The van der Waals surface area contributed by atoms with Crippen LogP contribution >= 0.6 is 11.3 Å². The normalized spacial score (nSPS) is 16.4. The van der Waals surface area contributed by atoms with Crippen molar-refractivity contribution in [2.45, 2.75) is 72.5 Å². The molecule has 0 saturated heterocycles. The Morgan fingerprint density at radius 2 is 1.88 bits per heavy atom. The number of ether oxygens (including phenoxy) is 2. The van der Waals surface area contributed by atoms with E-state index in [1.54, 1.807) is 36.7 Å². The Hall–Kier alpha value is -3.41. The number of fused-ring (bicyclic) bond motifs is 1. The molecule has 1 aromatic carbocycles. The molecule has 11 heteroatoms. The van der Waals surface area contributed by atoms with Gasteiger partial charge in [0.15, 0.2) is 0 Å². The summed E-state index contributed by atoms with van der Waals surface area (Å²) in [5, 5.41) is 20.6. The fraction of sp³-hybridized carbons (Fsp3) is 0.500. The maximum atomic E-state index is 14.2. The minimum absolute atomic E-state index is 0.140. The van der Waals surface area contributed by atoms with E-state index in [1.807, 2.05) is 57.3 Å². The highest BCUT2D eigenvalue weighted by Gasteiger charge is 2.50. The Bertz CT molecular complexity index is 1370. The summed E-state index contributed by atoms with van der Waals surface area (Å²) in [6.45, 7) is 13.7. The number of methoxy groups -OCH3 is 1. The topological polar surface area (TPSA) is 109 Å². The highest BCUT2D eigenvalue weighted by atomic mass is 32.1. The Morgan fingerprint density at radius 1 is 1.17 bits per heavy atom. The number of nitrogens with zero attached hydrogens (tertiary/aromatic N) is 4. The summed E-state index contributed by atoms with van der Waals surface area (Å²) in [7, 11) is 1.61. The lowest BCUT2D eigenvalue weighted by Gasteiger charge is -2.48. The highest BCUT2D eigenvalue weighted by Crippen LogP contribution is 2.45. The second-order valence-electron chi connectivity index (χ2n) is 11.5. The fourth-order valence-electron chi connectivity index (χ4n) is 4.95. The number of amides is 2. The second-order valence-corrected chi connectivity index (χ2v) is 12.5. The van der Waals surface area contributed by atoms with Gasteiger partial charge < -0.3 is 24.8 Å². The van der Waals surface area contributed by atoms with Gasteiger partial charge in [0.05, 0.1) is 19.2 Å². The third-order valence-corrected chi connectivity index (χ3v) is 8.39. The Labute approximate surface area is 245 Å². The summed E-state index contributed by atoms with van der Waals surface area (Å²) < 4.78 is 13.8. The number of carbonyl (C=O) groups is 2. The van der Waals surface area contributed by atoms with Gasteiger partial charge in [-0.2, -0.15) is 5.10 Å². The smallest absolute Gasteiger partial charge is 0.261 e. The number of carbonyl (C=O) groups excluding carboxylic acids is 2. The van der Waals surface area contributed by atoms with Gasteiger partial charge in [0, 0.05) is 36.2 Å². The van der Waals surface area contributed by atoms with Crippen molar-refractivity contribution in [1.82, 2.24) is 20.0 Å². The molecule has 0 fully saturated rings. The van der Waals surface area contributed by atoms with E-state index in [0.29, 0.717) is 22.9 Å². The maximum absolute atomic E-state index is 14.2. The molecule has 0 bridgehead atoms. The molecule has 0 aliphatic carbocycles. The molecular formula is C30H41N5O5S. The van der Waals surface area contributed by atoms with Gasteiger partial charge in [0.2, 0.25) is 12.3 Å². The summed E-state index contributed by atoms with van der Waals surface area (Å²) in [5.74, 6) is 0.149. The van der Waals surface area contributed by atoms with Crippen LogP contribution < -0.4 is 15.0 Å². The van der Waals surface area contributed by atoms with Crippen LogP contribution in [0.4, 0.5) is 5.00 Å². The molecule has 2 aromatic heterocycles. The molecule has 1 aliphatic rings. The third-order valence-electron chi connectivity index (χ3n) is 7.08. The van der Waals surface area contributed by atoms with Crippen LogP contribution in [0.1, 0.15) is 69.1 Å². The Kier molecular flexibility index (Phi) is 9.10. The molecular weight excluding hydrogens is 542 g/mol. The molecule has 0 saturated carbocycles. The SMILES string of the molecule is COc1ccccc1[C@H](CN1c2sc(-n3cccn3)c(C)c2C(=O)N(C(C)(C)C(=O)NC(C)C)C1O)OCC(C)C. The molecule has 2 atom stereocenters. The van der Waals surface area contributed by atoms with Crippen LogP contribution in [-0.4, -0.2) is 69.8 Å². The molecule has 1 unspecified atom stereocenters. The van der Waals surface area contributed by atoms with Gasteiger partial charge in [0.1, 0.15) is 27.4 Å². The summed E-state index contributed by atoms with van der Waals surface area (Å²) in [6.07, 6.45) is 1.55. The molecule has 2 N–H and O–H groups in total. The molecule has 2 amide bonds. The zero-order valence-electron chi connectivity index (χ0n) is 25.0. The summed E-state index contributed by atoms with van der Waals surface area (Å²) in [4.78, 5) is 30.6. The monoisotopic (exact) mass is 583 g/mol. The lowest BCUT2D eigenvalue weighted by Crippen LogP contribution is -2.67. The minimum atomic E-state index is -1.44. The number of aromatic nitrogens is 2. The number of para-hydroxylation sites is 1. The van der Waals surface area contributed by atoms with E-state index < -0.39 is 23.9 Å². The Morgan fingerprint density at radius 3 is 2.49 bits per heavy atom. The van der Waals surface area contributed by atoms with E-state index in [2.05, 4.69) is 24.3 Å². The molecule has 41 heavy (non-hydrogen) atoms. The number of rotatable bonds is 11. The molecule has 4 rings (SSSR count). The van der Waals surface area contributed by atoms with Crippen molar-refractivity contribution >= 4 is 28.2 Å². The van der Waals surface area contributed by atoms with Crippen molar-refractivity contribution < 1.29 is 24.2 Å². The number of hydrogen-bond donors (Lipinski definition) is 2. The zero-order valence-corrected chi connectivity index (χ0v) is 25.9. The van der Waals surface area contributed by atoms with Crippen molar-refractivity contribution in [1.29, 1.82) is 0 Å². The summed E-state index contributed by atoms with van der Waals surface area (Å²) >= 11 is 1.37. The summed E-state index contributed by atoms with van der Waals surface area (Å²) in [6, 6.07) is 9.31. The first kappa shape index (κ1) is 30.5. The number of aliphatic hydroxyl groups is 1. The second kappa shape index (κ2) is 12.2. The van der Waals surface area contributed by atoms with E-state index in [-0.39, 0.29) is 24.4 Å². The van der Waals surface area contributed by atoms with Crippen molar-refractivity contribution in [2.75, 3.05) is 25.2 Å². The third kappa shape index (κ3) is 5.98. The van der Waals surface area contributed by atoms with Gasteiger partial charge in [-0.05, 0) is 52.7 Å². The number of nitrogens with one attached hydrogen (secondary N) is 1. The predicted octanol–water partition coefficient (Wildman–Crippen LogP) is 4.51. The van der Waals surface area contributed by atoms with Crippen LogP contribution in [0.3, 0.4) is 0 Å². The Balaban J connectivity index is 1.86. The summed E-state index contributed by atoms with van der Waals surface area (Å²) in [5.41, 5.74) is 0.608. The van der Waals surface area contributed by atoms with Crippen LogP contribution in [0.2, 0.25) is 0 Å². The van der Waals surface area contributed by atoms with Gasteiger partial charge in [-0.3, -0.25) is 14.5 Å².